The first-order valence-electron chi connectivity index (χ1n) is 15.6. The topological polar surface area (TPSA) is 107 Å². The molecular formula is C38H32F2O9. The predicted octanol–water partition coefficient (Wildman–Crippen LogP) is 7.02. The fourth-order valence-corrected chi connectivity index (χ4v) is 4.95. The maximum atomic E-state index is 13.6. The van der Waals surface area contributed by atoms with Crippen molar-refractivity contribution in [3.8, 4) is 34.1 Å². The van der Waals surface area contributed by atoms with E-state index in [4.69, 9.17) is 32.5 Å². The molecule has 2 heterocycles. The van der Waals surface area contributed by atoms with Gasteiger partial charge in [0, 0.05) is 35.4 Å². The minimum absolute atomic E-state index is 0.195. The molecule has 252 valence electrons. The van der Waals surface area contributed by atoms with Crippen molar-refractivity contribution in [1.82, 2.24) is 0 Å². The van der Waals surface area contributed by atoms with Crippen LogP contribution in [0.2, 0.25) is 0 Å². The summed E-state index contributed by atoms with van der Waals surface area (Å²) in [5.74, 6) is 1.00. The summed E-state index contributed by atoms with van der Waals surface area (Å²) in [6.07, 6.45) is 0. The highest BCUT2D eigenvalue weighted by atomic mass is 19.1. The molecule has 0 fully saturated rings. The molecule has 0 atom stereocenters. The Balaban J connectivity index is 0.802. The lowest BCUT2D eigenvalue weighted by Crippen LogP contribution is -2.14. The lowest BCUT2D eigenvalue weighted by Gasteiger charge is -2.10. The van der Waals surface area contributed by atoms with Crippen LogP contribution in [-0.4, -0.2) is 52.9 Å². The van der Waals surface area contributed by atoms with E-state index < -0.39 is 11.6 Å². The van der Waals surface area contributed by atoms with Gasteiger partial charge < -0.3 is 32.5 Å². The second-order valence-corrected chi connectivity index (χ2v) is 10.8. The van der Waals surface area contributed by atoms with Crippen LogP contribution in [-0.2, 0) is 14.2 Å². The molecule has 0 spiro atoms. The molecule has 0 aliphatic carbocycles. The summed E-state index contributed by atoms with van der Waals surface area (Å²) in [6, 6.07) is 24.5. The number of halogens is 2. The van der Waals surface area contributed by atoms with Crippen molar-refractivity contribution < 1.29 is 41.3 Å². The average Bonchev–Trinajstić information content (AvgIpc) is 3.10. The largest absolute Gasteiger partial charge is 0.491 e. The first kappa shape index (κ1) is 33.5. The Morgan fingerprint density at radius 1 is 0.449 bits per heavy atom. The molecule has 0 bridgehead atoms. The van der Waals surface area contributed by atoms with E-state index in [1.54, 1.807) is 48.5 Å². The van der Waals surface area contributed by atoms with Crippen molar-refractivity contribution in [3.63, 3.8) is 0 Å². The maximum Gasteiger partial charge on any atom is 0.193 e. The molecule has 0 saturated heterocycles. The van der Waals surface area contributed by atoms with Gasteiger partial charge in [-0.2, -0.15) is 0 Å². The number of benzene rings is 4. The van der Waals surface area contributed by atoms with Crippen molar-refractivity contribution in [2.24, 2.45) is 0 Å². The van der Waals surface area contributed by atoms with Gasteiger partial charge in [-0.05, 0) is 72.8 Å². The molecule has 2 aromatic heterocycles. The minimum Gasteiger partial charge on any atom is -0.491 e. The number of hydrogen-bond donors (Lipinski definition) is 0. The Kier molecular flexibility index (Phi) is 11.1. The molecule has 49 heavy (non-hydrogen) atoms. The molecule has 0 aliphatic heterocycles. The van der Waals surface area contributed by atoms with Gasteiger partial charge in [0.25, 0.3) is 0 Å². The average molecular weight is 671 g/mol. The van der Waals surface area contributed by atoms with Gasteiger partial charge >= 0.3 is 0 Å². The molecule has 11 heteroatoms. The van der Waals surface area contributed by atoms with Gasteiger partial charge in [0.15, 0.2) is 10.9 Å². The van der Waals surface area contributed by atoms with Crippen molar-refractivity contribution in [2.45, 2.75) is 0 Å². The lowest BCUT2D eigenvalue weighted by atomic mass is 10.1. The van der Waals surface area contributed by atoms with Crippen molar-refractivity contribution in [1.29, 1.82) is 0 Å². The third-order valence-electron chi connectivity index (χ3n) is 7.40. The van der Waals surface area contributed by atoms with E-state index in [-0.39, 0.29) is 22.0 Å². The SMILES string of the molecule is O=c1cc(-c2ccc(OCCOCCOCCOCCOc3ccc(-c4cc(=O)c5ccc(F)cc5o4)cc3)cc2)oc2cc(F)ccc12. The molecule has 4 aromatic carbocycles. The molecule has 0 radical (unpaired) electrons. The molecule has 6 rings (SSSR count). The van der Waals surface area contributed by atoms with Gasteiger partial charge in [-0.3, -0.25) is 9.59 Å². The van der Waals surface area contributed by atoms with Crippen LogP contribution in [0.15, 0.2) is 115 Å². The highest BCUT2D eigenvalue weighted by Crippen LogP contribution is 2.26. The van der Waals surface area contributed by atoms with Crippen molar-refractivity contribution in [3.05, 3.63) is 129 Å². The van der Waals surface area contributed by atoms with Crippen LogP contribution in [0.25, 0.3) is 44.6 Å². The van der Waals surface area contributed by atoms with Crippen LogP contribution in [0.1, 0.15) is 0 Å². The van der Waals surface area contributed by atoms with Crippen LogP contribution in [0.4, 0.5) is 8.78 Å². The molecule has 0 amide bonds. The zero-order valence-corrected chi connectivity index (χ0v) is 26.3. The van der Waals surface area contributed by atoms with Crippen molar-refractivity contribution >= 4 is 21.9 Å². The molecule has 0 unspecified atom stereocenters. The van der Waals surface area contributed by atoms with Gasteiger partial charge in [-0.25, -0.2) is 8.78 Å². The fraction of sp³-hybridized carbons (Fsp3) is 0.211. The molecule has 0 N–H and O–H groups in total. The first-order valence-corrected chi connectivity index (χ1v) is 15.6. The van der Waals surface area contributed by atoms with Gasteiger partial charge in [0.05, 0.1) is 50.4 Å². The Labute approximate surface area is 279 Å². The second-order valence-electron chi connectivity index (χ2n) is 10.8. The van der Waals surface area contributed by atoms with E-state index in [9.17, 15) is 18.4 Å². The van der Waals surface area contributed by atoms with Crippen molar-refractivity contribution in [2.75, 3.05) is 52.9 Å². The number of hydrogen-bond acceptors (Lipinski definition) is 9. The highest BCUT2D eigenvalue weighted by Gasteiger charge is 2.10. The maximum absolute atomic E-state index is 13.6. The summed E-state index contributed by atoms with van der Waals surface area (Å²) < 4.78 is 66.6. The van der Waals surface area contributed by atoms with Gasteiger partial charge in [-0.15, -0.1) is 0 Å². The molecule has 6 aromatic rings. The van der Waals surface area contributed by atoms with E-state index in [0.717, 1.165) is 0 Å². The third kappa shape index (κ3) is 8.96. The Hall–Kier alpha value is -5.36. The van der Waals surface area contributed by atoms with Crippen LogP contribution >= 0.6 is 0 Å². The van der Waals surface area contributed by atoms with E-state index >= 15 is 0 Å². The summed E-state index contributed by atoms with van der Waals surface area (Å²) in [6.45, 7) is 3.07. The number of rotatable bonds is 16. The third-order valence-corrected chi connectivity index (χ3v) is 7.40. The first-order chi connectivity index (χ1) is 23.9. The van der Waals surface area contributed by atoms with E-state index in [0.29, 0.717) is 97.8 Å². The van der Waals surface area contributed by atoms with E-state index in [2.05, 4.69) is 0 Å². The van der Waals surface area contributed by atoms with Gasteiger partial charge in [0.2, 0.25) is 0 Å². The Morgan fingerprint density at radius 3 is 1.20 bits per heavy atom. The minimum atomic E-state index is -0.474. The van der Waals surface area contributed by atoms with Crippen LogP contribution in [0.3, 0.4) is 0 Å². The van der Waals surface area contributed by atoms with E-state index in [1.807, 2.05) is 0 Å². The highest BCUT2D eigenvalue weighted by molar-refractivity contribution is 5.79. The summed E-state index contributed by atoms with van der Waals surface area (Å²) in [7, 11) is 0. The monoisotopic (exact) mass is 670 g/mol. The lowest BCUT2D eigenvalue weighted by molar-refractivity contribution is 0.00499. The molecule has 9 nitrogen and oxygen atoms in total. The van der Waals surface area contributed by atoms with Crippen LogP contribution < -0.4 is 20.3 Å². The van der Waals surface area contributed by atoms with Crippen LogP contribution in [0, 0.1) is 11.6 Å². The zero-order chi connectivity index (χ0) is 34.0. The second kappa shape index (κ2) is 16.2. The van der Waals surface area contributed by atoms with E-state index in [1.165, 1.54) is 48.5 Å². The fourth-order valence-electron chi connectivity index (χ4n) is 4.95. The summed E-state index contributed by atoms with van der Waals surface area (Å²) in [4.78, 5) is 24.7. The standard InChI is InChI=1S/C38H32F2O9/c39-27-5-11-31-33(41)23-35(48-37(31)21-27)25-1-7-29(8-2-25)46-19-17-44-15-13-43-14-16-45-18-20-47-30-9-3-26(4-10-30)36-24-34(42)32-12-6-28(40)22-38(32)49-36/h1-12,21-24H,13-20H2. The zero-order valence-electron chi connectivity index (χ0n) is 26.3. The Morgan fingerprint density at radius 2 is 0.816 bits per heavy atom. The summed E-state index contributed by atoms with van der Waals surface area (Å²) in [5, 5.41) is 0.649. The normalized spacial score (nSPS) is 11.3. The predicted molar refractivity (Wildman–Crippen MR) is 179 cm³/mol. The number of fused-ring (bicyclic) bond motifs is 2. The van der Waals surface area contributed by atoms with Crippen LogP contribution in [0.5, 0.6) is 11.5 Å². The van der Waals surface area contributed by atoms with Gasteiger partial charge in [0.1, 0.15) is 59.0 Å². The quantitative estimate of drug-likeness (QED) is 0.100. The smallest absolute Gasteiger partial charge is 0.193 e. The molecule has 0 saturated carbocycles. The molecular weight excluding hydrogens is 638 g/mol. The van der Waals surface area contributed by atoms with Gasteiger partial charge in [-0.1, -0.05) is 0 Å². The molecule has 0 aliphatic rings. The number of ether oxygens (including phenoxy) is 5. The Bertz CT molecular complexity index is 1970. The summed E-state index contributed by atoms with van der Waals surface area (Å²) in [5.41, 5.74) is 1.25. The summed E-state index contributed by atoms with van der Waals surface area (Å²) >= 11 is 0.